The Balaban J connectivity index is 2.28. The van der Waals surface area contributed by atoms with E-state index < -0.39 is 0 Å². The highest BCUT2D eigenvalue weighted by Crippen LogP contribution is 2.20. The summed E-state index contributed by atoms with van der Waals surface area (Å²) in [6.45, 7) is 9.31. The first-order valence-electron chi connectivity index (χ1n) is 7.75. The Bertz CT molecular complexity index is 581. The van der Waals surface area contributed by atoms with Gasteiger partial charge in [-0.05, 0) is 58.0 Å². The van der Waals surface area contributed by atoms with Crippen LogP contribution in [0.25, 0.3) is 0 Å². The Hall–Kier alpha value is -1.68. The van der Waals surface area contributed by atoms with Crippen molar-refractivity contribution in [3.63, 3.8) is 0 Å². The molecule has 0 spiro atoms. The molecule has 2 aromatic rings. The lowest BCUT2D eigenvalue weighted by Crippen LogP contribution is -2.21. The van der Waals surface area contributed by atoms with Gasteiger partial charge in [-0.15, -0.1) is 0 Å². The second kappa shape index (κ2) is 6.85. The molecular formula is C17H26N4. The lowest BCUT2D eigenvalue weighted by atomic mass is 10.0. The van der Waals surface area contributed by atoms with Crippen molar-refractivity contribution in [2.24, 2.45) is 0 Å². The highest BCUT2D eigenvalue weighted by atomic mass is 15.3. The average molecular weight is 286 g/mol. The molecule has 1 atom stereocenters. The van der Waals surface area contributed by atoms with E-state index in [0.717, 1.165) is 30.8 Å². The zero-order valence-electron chi connectivity index (χ0n) is 13.8. The molecule has 1 N–H and O–H groups in total. The van der Waals surface area contributed by atoms with Gasteiger partial charge in [0.2, 0.25) is 0 Å². The van der Waals surface area contributed by atoms with Gasteiger partial charge in [0.05, 0.1) is 5.69 Å². The molecule has 0 bridgehead atoms. The Morgan fingerprint density at radius 3 is 2.33 bits per heavy atom. The van der Waals surface area contributed by atoms with Crippen molar-refractivity contribution in [2.45, 2.75) is 53.1 Å². The van der Waals surface area contributed by atoms with Crippen LogP contribution in [-0.4, -0.2) is 21.8 Å². The van der Waals surface area contributed by atoms with Crippen molar-refractivity contribution in [3.8, 4) is 0 Å². The van der Waals surface area contributed by atoms with Crippen LogP contribution in [0.5, 0.6) is 0 Å². The molecule has 2 rings (SSSR count). The minimum Gasteiger partial charge on any atom is -0.313 e. The molecule has 4 nitrogen and oxygen atoms in total. The van der Waals surface area contributed by atoms with Crippen LogP contribution in [-0.2, 0) is 19.4 Å². The molecule has 1 unspecified atom stereocenters. The van der Waals surface area contributed by atoms with Gasteiger partial charge < -0.3 is 5.32 Å². The summed E-state index contributed by atoms with van der Waals surface area (Å²) in [6.07, 6.45) is 1.93. The third-order valence-electron chi connectivity index (χ3n) is 3.84. The number of pyridine rings is 1. The van der Waals surface area contributed by atoms with Crippen molar-refractivity contribution in [3.05, 3.63) is 46.5 Å². The van der Waals surface area contributed by atoms with Gasteiger partial charge in [-0.25, -0.2) is 0 Å². The fourth-order valence-corrected chi connectivity index (χ4v) is 2.79. The summed E-state index contributed by atoms with van der Waals surface area (Å²) in [5.41, 5.74) is 5.90. The van der Waals surface area contributed by atoms with Crippen LogP contribution in [0.15, 0.2) is 18.2 Å². The Kier molecular flexibility index (Phi) is 5.12. The summed E-state index contributed by atoms with van der Waals surface area (Å²) in [7, 11) is 2.02. The summed E-state index contributed by atoms with van der Waals surface area (Å²) in [5.74, 6) is 0. The van der Waals surface area contributed by atoms with Crippen LogP contribution in [0.4, 0.5) is 0 Å². The Morgan fingerprint density at radius 1 is 1.14 bits per heavy atom. The number of aryl methyl sites for hydroxylation is 4. The van der Waals surface area contributed by atoms with E-state index in [1.165, 1.54) is 17.0 Å². The third-order valence-corrected chi connectivity index (χ3v) is 3.84. The molecule has 21 heavy (non-hydrogen) atoms. The minimum absolute atomic E-state index is 0.289. The SMILES string of the molecule is CCc1cc(CC(NC)c2cc(C)nc(C)c2)n(CC)n1. The van der Waals surface area contributed by atoms with Crippen molar-refractivity contribution in [1.82, 2.24) is 20.1 Å². The zero-order chi connectivity index (χ0) is 15.4. The first kappa shape index (κ1) is 15.7. The van der Waals surface area contributed by atoms with Gasteiger partial charge >= 0.3 is 0 Å². The molecule has 114 valence electrons. The number of nitrogens with one attached hydrogen (secondary N) is 1. The summed E-state index contributed by atoms with van der Waals surface area (Å²) >= 11 is 0. The maximum absolute atomic E-state index is 4.64. The molecular weight excluding hydrogens is 260 g/mol. The highest BCUT2D eigenvalue weighted by molar-refractivity contribution is 5.25. The average Bonchev–Trinajstić information content (AvgIpc) is 2.85. The number of likely N-dealkylation sites (N-methyl/N-ethyl adjacent to an activating group) is 1. The molecule has 0 saturated heterocycles. The molecule has 2 heterocycles. The molecule has 0 amide bonds. The van der Waals surface area contributed by atoms with Crippen molar-refractivity contribution in [1.29, 1.82) is 0 Å². The summed E-state index contributed by atoms with van der Waals surface area (Å²) in [6, 6.07) is 6.86. The van der Waals surface area contributed by atoms with E-state index >= 15 is 0 Å². The van der Waals surface area contributed by atoms with Crippen LogP contribution < -0.4 is 5.32 Å². The van der Waals surface area contributed by atoms with Crippen LogP contribution in [0, 0.1) is 13.8 Å². The maximum Gasteiger partial charge on any atom is 0.0624 e. The second-order valence-electron chi connectivity index (χ2n) is 5.52. The fourth-order valence-electron chi connectivity index (χ4n) is 2.79. The number of hydrogen-bond donors (Lipinski definition) is 1. The van der Waals surface area contributed by atoms with E-state index in [9.17, 15) is 0 Å². The third kappa shape index (κ3) is 3.70. The molecule has 0 aliphatic rings. The summed E-state index contributed by atoms with van der Waals surface area (Å²) < 4.78 is 2.12. The second-order valence-corrected chi connectivity index (χ2v) is 5.52. The predicted octanol–water partition coefficient (Wildman–Crippen LogP) is 2.98. The molecule has 2 aromatic heterocycles. The first-order chi connectivity index (χ1) is 10.1. The Labute approximate surface area is 127 Å². The molecule has 0 aromatic carbocycles. The normalized spacial score (nSPS) is 12.6. The Morgan fingerprint density at radius 2 is 1.81 bits per heavy atom. The van der Waals surface area contributed by atoms with Gasteiger partial charge in [-0.3, -0.25) is 9.67 Å². The monoisotopic (exact) mass is 286 g/mol. The van der Waals surface area contributed by atoms with E-state index in [2.05, 4.69) is 66.0 Å². The molecule has 0 saturated carbocycles. The van der Waals surface area contributed by atoms with E-state index in [1.807, 2.05) is 7.05 Å². The molecule has 0 radical (unpaired) electrons. The molecule has 0 aliphatic carbocycles. The lowest BCUT2D eigenvalue weighted by Gasteiger charge is -2.18. The van der Waals surface area contributed by atoms with Crippen LogP contribution >= 0.6 is 0 Å². The van der Waals surface area contributed by atoms with E-state index in [1.54, 1.807) is 0 Å². The highest BCUT2D eigenvalue weighted by Gasteiger charge is 2.15. The number of rotatable bonds is 6. The van der Waals surface area contributed by atoms with Crippen molar-refractivity contribution in [2.75, 3.05) is 7.05 Å². The van der Waals surface area contributed by atoms with Gasteiger partial charge in [0.25, 0.3) is 0 Å². The minimum atomic E-state index is 0.289. The van der Waals surface area contributed by atoms with Crippen LogP contribution in [0.3, 0.4) is 0 Å². The maximum atomic E-state index is 4.64. The van der Waals surface area contributed by atoms with Crippen LogP contribution in [0.1, 0.15) is 48.2 Å². The van der Waals surface area contributed by atoms with Gasteiger partial charge in [-0.1, -0.05) is 6.92 Å². The number of nitrogens with zero attached hydrogens (tertiary/aromatic N) is 3. The lowest BCUT2D eigenvalue weighted by molar-refractivity contribution is 0.539. The van der Waals surface area contributed by atoms with Gasteiger partial charge in [0.15, 0.2) is 0 Å². The zero-order valence-corrected chi connectivity index (χ0v) is 13.8. The predicted molar refractivity (Wildman–Crippen MR) is 86.5 cm³/mol. The number of hydrogen-bond acceptors (Lipinski definition) is 3. The van der Waals surface area contributed by atoms with Gasteiger partial charge in [0.1, 0.15) is 0 Å². The van der Waals surface area contributed by atoms with Crippen LogP contribution in [0.2, 0.25) is 0 Å². The van der Waals surface area contributed by atoms with Crippen molar-refractivity contribution < 1.29 is 0 Å². The fraction of sp³-hybridized carbons (Fsp3) is 0.529. The molecule has 4 heteroatoms. The van der Waals surface area contributed by atoms with E-state index in [-0.39, 0.29) is 6.04 Å². The quantitative estimate of drug-likeness (QED) is 0.887. The molecule has 0 aliphatic heterocycles. The standard InChI is InChI=1S/C17H26N4/c1-6-15-10-16(21(7-2)20-15)11-17(18-5)14-8-12(3)19-13(4)9-14/h8-10,17-18H,6-7,11H2,1-5H3. The van der Waals surface area contributed by atoms with Gasteiger partial charge in [-0.2, -0.15) is 5.10 Å². The smallest absolute Gasteiger partial charge is 0.0624 e. The van der Waals surface area contributed by atoms with Crippen molar-refractivity contribution >= 4 is 0 Å². The molecule has 0 fully saturated rings. The number of aromatic nitrogens is 3. The first-order valence-corrected chi connectivity index (χ1v) is 7.75. The van der Waals surface area contributed by atoms with E-state index in [0.29, 0.717) is 0 Å². The topological polar surface area (TPSA) is 42.7 Å². The van der Waals surface area contributed by atoms with Gasteiger partial charge in [0, 0.05) is 36.1 Å². The summed E-state index contributed by atoms with van der Waals surface area (Å²) in [4.78, 5) is 4.46. The summed E-state index contributed by atoms with van der Waals surface area (Å²) in [5, 5.41) is 8.07. The largest absolute Gasteiger partial charge is 0.313 e. The van der Waals surface area contributed by atoms with E-state index in [4.69, 9.17) is 0 Å².